The van der Waals surface area contributed by atoms with Crippen LogP contribution < -0.4 is 16.4 Å². The van der Waals surface area contributed by atoms with Gasteiger partial charge in [0.2, 0.25) is 0 Å². The van der Waals surface area contributed by atoms with E-state index < -0.39 is 0 Å². The first kappa shape index (κ1) is 17.2. The highest BCUT2D eigenvalue weighted by Gasteiger charge is 2.00. The number of carbonyl (C=O) groups is 1. The Morgan fingerprint density at radius 2 is 2.17 bits per heavy atom. The Balaban J connectivity index is 0.00000289. The van der Waals surface area contributed by atoms with Gasteiger partial charge in [-0.1, -0.05) is 22.0 Å². The summed E-state index contributed by atoms with van der Waals surface area (Å²) in [5.74, 6) is 0. The molecule has 18 heavy (non-hydrogen) atoms. The van der Waals surface area contributed by atoms with Gasteiger partial charge in [-0.05, 0) is 18.2 Å². The van der Waals surface area contributed by atoms with Crippen LogP contribution in [-0.4, -0.2) is 32.3 Å². The van der Waals surface area contributed by atoms with E-state index in [2.05, 4.69) is 26.6 Å². The van der Waals surface area contributed by atoms with Crippen molar-refractivity contribution in [1.82, 2.24) is 5.32 Å². The fourth-order valence-electron chi connectivity index (χ4n) is 1.16. The Kier molecular flexibility index (Phi) is 9.67. The lowest BCUT2D eigenvalue weighted by Gasteiger charge is -2.08. The van der Waals surface area contributed by atoms with Crippen LogP contribution >= 0.6 is 28.3 Å². The molecule has 0 aromatic heterocycles. The first-order valence-electron chi connectivity index (χ1n) is 5.30. The predicted octanol–water partition coefficient (Wildman–Crippen LogP) is 1.97. The van der Waals surface area contributed by atoms with E-state index in [1.807, 2.05) is 24.3 Å². The zero-order valence-corrected chi connectivity index (χ0v) is 12.2. The van der Waals surface area contributed by atoms with E-state index in [4.69, 9.17) is 10.5 Å². The van der Waals surface area contributed by atoms with Gasteiger partial charge in [0.25, 0.3) is 0 Å². The van der Waals surface area contributed by atoms with Gasteiger partial charge in [-0.2, -0.15) is 0 Å². The summed E-state index contributed by atoms with van der Waals surface area (Å²) in [5.41, 5.74) is 5.99. The van der Waals surface area contributed by atoms with Crippen LogP contribution in [-0.2, 0) is 4.74 Å². The van der Waals surface area contributed by atoms with Gasteiger partial charge in [0, 0.05) is 23.2 Å². The van der Waals surface area contributed by atoms with Crippen molar-refractivity contribution in [2.45, 2.75) is 0 Å². The van der Waals surface area contributed by atoms with E-state index in [9.17, 15) is 4.79 Å². The summed E-state index contributed by atoms with van der Waals surface area (Å²) >= 11 is 3.33. The zero-order valence-electron chi connectivity index (χ0n) is 9.82. The monoisotopic (exact) mass is 337 g/mol. The number of halogens is 2. The molecule has 0 aliphatic rings. The van der Waals surface area contributed by atoms with Crippen molar-refractivity contribution in [3.63, 3.8) is 0 Å². The number of amides is 2. The van der Waals surface area contributed by atoms with Crippen LogP contribution in [0.3, 0.4) is 0 Å². The van der Waals surface area contributed by atoms with Gasteiger partial charge in [0.15, 0.2) is 0 Å². The molecule has 0 saturated heterocycles. The molecule has 0 radical (unpaired) electrons. The third-order valence-electron chi connectivity index (χ3n) is 1.88. The summed E-state index contributed by atoms with van der Waals surface area (Å²) in [6, 6.07) is 7.13. The number of hydrogen-bond donors (Lipinski definition) is 3. The molecule has 4 N–H and O–H groups in total. The molecule has 0 atom stereocenters. The third kappa shape index (κ3) is 7.50. The van der Waals surface area contributed by atoms with Gasteiger partial charge < -0.3 is 21.1 Å². The molecule has 0 aliphatic heterocycles. The third-order valence-corrected chi connectivity index (χ3v) is 2.37. The number of rotatable bonds is 6. The van der Waals surface area contributed by atoms with Gasteiger partial charge in [-0.15, -0.1) is 12.4 Å². The van der Waals surface area contributed by atoms with Crippen LogP contribution in [0.5, 0.6) is 0 Å². The summed E-state index contributed by atoms with van der Waals surface area (Å²) in [5, 5.41) is 5.39. The van der Waals surface area contributed by atoms with Crippen LogP contribution in [0.15, 0.2) is 28.7 Å². The lowest BCUT2D eigenvalue weighted by Crippen LogP contribution is -2.31. The summed E-state index contributed by atoms with van der Waals surface area (Å²) in [4.78, 5) is 11.4. The Labute approximate surface area is 121 Å². The molecule has 0 bridgehead atoms. The molecule has 0 aliphatic carbocycles. The second kappa shape index (κ2) is 10.1. The van der Waals surface area contributed by atoms with Crippen molar-refractivity contribution < 1.29 is 9.53 Å². The standard InChI is InChI=1S/C11H16BrN3O2.ClH/c12-9-2-1-3-10(8-9)15-11(16)14-5-7-17-6-4-13;/h1-3,8H,4-7,13H2,(H2,14,15,16);1H. The van der Waals surface area contributed by atoms with E-state index in [-0.39, 0.29) is 18.4 Å². The molecule has 0 fully saturated rings. The van der Waals surface area contributed by atoms with Crippen LogP contribution in [0.25, 0.3) is 0 Å². The number of anilines is 1. The minimum Gasteiger partial charge on any atom is -0.378 e. The Bertz CT molecular complexity index is 366. The highest BCUT2D eigenvalue weighted by atomic mass is 79.9. The van der Waals surface area contributed by atoms with Gasteiger partial charge in [0.1, 0.15) is 0 Å². The van der Waals surface area contributed by atoms with E-state index in [1.165, 1.54) is 0 Å². The van der Waals surface area contributed by atoms with Gasteiger partial charge >= 0.3 is 6.03 Å². The minimum absolute atomic E-state index is 0. The number of hydrogen-bond acceptors (Lipinski definition) is 3. The number of nitrogens with two attached hydrogens (primary N) is 1. The van der Waals surface area contributed by atoms with Crippen LogP contribution in [0.4, 0.5) is 10.5 Å². The smallest absolute Gasteiger partial charge is 0.319 e. The molecule has 0 saturated carbocycles. The molecule has 1 aromatic rings. The predicted molar refractivity (Wildman–Crippen MR) is 78.3 cm³/mol. The van der Waals surface area contributed by atoms with E-state index in [1.54, 1.807) is 0 Å². The number of nitrogens with one attached hydrogen (secondary N) is 2. The summed E-state index contributed by atoms with van der Waals surface area (Å²) in [6.45, 7) is 1.92. The average molecular weight is 339 g/mol. The number of carbonyl (C=O) groups excluding carboxylic acids is 1. The van der Waals surface area contributed by atoms with Crippen molar-refractivity contribution in [3.05, 3.63) is 28.7 Å². The molecule has 0 spiro atoms. The first-order valence-corrected chi connectivity index (χ1v) is 6.10. The summed E-state index contributed by atoms with van der Waals surface area (Å²) < 4.78 is 6.05. The maximum absolute atomic E-state index is 11.4. The van der Waals surface area contributed by atoms with Crippen LogP contribution in [0.1, 0.15) is 0 Å². The van der Waals surface area contributed by atoms with Crippen molar-refractivity contribution in [3.8, 4) is 0 Å². The van der Waals surface area contributed by atoms with Crippen molar-refractivity contribution in [2.24, 2.45) is 5.73 Å². The topological polar surface area (TPSA) is 76.4 Å². The average Bonchev–Trinajstić information content (AvgIpc) is 2.29. The highest BCUT2D eigenvalue weighted by Crippen LogP contribution is 2.15. The van der Waals surface area contributed by atoms with Crippen LogP contribution in [0.2, 0.25) is 0 Å². The number of ether oxygens (including phenoxy) is 1. The lowest BCUT2D eigenvalue weighted by atomic mass is 10.3. The Hall–Kier alpha value is -0.820. The number of urea groups is 1. The number of benzene rings is 1. The lowest BCUT2D eigenvalue weighted by molar-refractivity contribution is 0.144. The second-order valence-electron chi connectivity index (χ2n) is 3.29. The molecule has 7 heteroatoms. The SMILES string of the molecule is Cl.NCCOCCNC(=O)Nc1cccc(Br)c1. The molecule has 5 nitrogen and oxygen atoms in total. The van der Waals surface area contributed by atoms with E-state index >= 15 is 0 Å². The summed E-state index contributed by atoms with van der Waals surface area (Å²) in [6.07, 6.45) is 0. The van der Waals surface area contributed by atoms with Gasteiger partial charge in [-0.25, -0.2) is 4.79 Å². The zero-order chi connectivity index (χ0) is 12.5. The molecule has 2 amide bonds. The molecule has 1 rings (SSSR count). The second-order valence-corrected chi connectivity index (χ2v) is 4.21. The Morgan fingerprint density at radius 3 is 2.83 bits per heavy atom. The first-order chi connectivity index (χ1) is 8.22. The molecular formula is C11H17BrClN3O2. The normalized spacial score (nSPS) is 9.44. The molecular weight excluding hydrogens is 321 g/mol. The fourth-order valence-corrected chi connectivity index (χ4v) is 1.56. The molecule has 102 valence electrons. The summed E-state index contributed by atoms with van der Waals surface area (Å²) in [7, 11) is 0. The van der Waals surface area contributed by atoms with E-state index in [0.717, 1.165) is 10.2 Å². The fraction of sp³-hybridized carbons (Fsp3) is 0.364. The van der Waals surface area contributed by atoms with Crippen molar-refractivity contribution in [2.75, 3.05) is 31.6 Å². The molecule has 1 aromatic carbocycles. The van der Waals surface area contributed by atoms with Crippen LogP contribution in [0, 0.1) is 0 Å². The Morgan fingerprint density at radius 1 is 1.39 bits per heavy atom. The quantitative estimate of drug-likeness (QED) is 0.694. The van der Waals surface area contributed by atoms with Crippen molar-refractivity contribution in [1.29, 1.82) is 0 Å². The molecule has 0 heterocycles. The molecule has 0 unspecified atom stereocenters. The largest absolute Gasteiger partial charge is 0.378 e. The maximum Gasteiger partial charge on any atom is 0.319 e. The van der Waals surface area contributed by atoms with E-state index in [0.29, 0.717) is 26.3 Å². The van der Waals surface area contributed by atoms with Crippen molar-refractivity contribution >= 4 is 40.1 Å². The van der Waals surface area contributed by atoms with Gasteiger partial charge in [-0.3, -0.25) is 0 Å². The highest BCUT2D eigenvalue weighted by molar-refractivity contribution is 9.10. The minimum atomic E-state index is -0.251. The van der Waals surface area contributed by atoms with Gasteiger partial charge in [0.05, 0.1) is 13.2 Å². The maximum atomic E-state index is 11.4.